The van der Waals surface area contributed by atoms with E-state index in [1.807, 2.05) is 11.8 Å². The van der Waals surface area contributed by atoms with Crippen molar-refractivity contribution in [3.05, 3.63) is 64.8 Å². The molecule has 8 heteroatoms. The third-order valence-electron chi connectivity index (χ3n) is 7.72. The van der Waals surface area contributed by atoms with E-state index >= 15 is 4.39 Å². The van der Waals surface area contributed by atoms with E-state index in [1.54, 1.807) is 25.3 Å². The Kier molecular flexibility index (Phi) is 9.91. The average molecular weight is 559 g/mol. The van der Waals surface area contributed by atoms with Gasteiger partial charge < -0.3 is 14.7 Å². The summed E-state index contributed by atoms with van der Waals surface area (Å²) in [6.45, 7) is 4.82. The van der Waals surface area contributed by atoms with Crippen LogP contribution in [0.5, 0.6) is 5.75 Å². The van der Waals surface area contributed by atoms with Crippen molar-refractivity contribution in [3.8, 4) is 5.75 Å². The maximum atomic E-state index is 15.8. The SMILES string of the molecule is COc1ccc2ncc(Cl)c([C@@H](F)CCC3(CC(=O)O)CCN(CCCSc4ccccc4C)CC3)c2c1. The van der Waals surface area contributed by atoms with Gasteiger partial charge in [0.2, 0.25) is 0 Å². The second-order valence-electron chi connectivity index (χ2n) is 10.3. The van der Waals surface area contributed by atoms with E-state index < -0.39 is 17.6 Å². The molecule has 1 fully saturated rings. The number of nitrogens with zero attached hydrogens (tertiary/aromatic N) is 2. The number of ether oxygens (including phenoxy) is 1. The van der Waals surface area contributed by atoms with E-state index in [1.165, 1.54) is 16.7 Å². The Hall–Kier alpha value is -2.35. The van der Waals surface area contributed by atoms with E-state index in [9.17, 15) is 9.90 Å². The third kappa shape index (κ3) is 7.19. The Morgan fingerprint density at radius 1 is 1.26 bits per heavy atom. The van der Waals surface area contributed by atoms with E-state index in [0.29, 0.717) is 28.6 Å². The van der Waals surface area contributed by atoms with Gasteiger partial charge in [0.05, 0.1) is 24.1 Å². The first-order valence-corrected chi connectivity index (χ1v) is 14.6. The van der Waals surface area contributed by atoms with Crippen molar-refractivity contribution in [2.45, 2.75) is 56.5 Å². The number of carboxylic acids is 1. The van der Waals surface area contributed by atoms with Crippen LogP contribution in [0.25, 0.3) is 10.9 Å². The topological polar surface area (TPSA) is 62.7 Å². The highest BCUT2D eigenvalue weighted by atomic mass is 35.5. The lowest BCUT2D eigenvalue weighted by atomic mass is 9.71. The van der Waals surface area contributed by atoms with Crippen LogP contribution in [-0.4, -0.2) is 53.5 Å². The average Bonchev–Trinajstić information content (AvgIpc) is 2.91. The van der Waals surface area contributed by atoms with Crippen molar-refractivity contribution in [1.82, 2.24) is 9.88 Å². The fourth-order valence-corrected chi connectivity index (χ4v) is 6.70. The fraction of sp³-hybridized carbons (Fsp3) is 0.467. The Bertz CT molecular complexity index is 1250. The molecule has 2 heterocycles. The summed E-state index contributed by atoms with van der Waals surface area (Å²) < 4.78 is 21.1. The van der Waals surface area contributed by atoms with Crippen LogP contribution >= 0.6 is 23.4 Å². The lowest BCUT2D eigenvalue weighted by Crippen LogP contribution is -2.41. The van der Waals surface area contributed by atoms with Crippen LogP contribution in [0.1, 0.15) is 55.8 Å². The van der Waals surface area contributed by atoms with Crippen molar-refractivity contribution in [1.29, 1.82) is 0 Å². The Morgan fingerprint density at radius 3 is 2.74 bits per heavy atom. The van der Waals surface area contributed by atoms with Gasteiger partial charge in [0.15, 0.2) is 0 Å². The van der Waals surface area contributed by atoms with Gasteiger partial charge >= 0.3 is 5.97 Å². The van der Waals surface area contributed by atoms with Crippen LogP contribution in [0.2, 0.25) is 5.02 Å². The summed E-state index contributed by atoms with van der Waals surface area (Å²) in [6, 6.07) is 13.8. The minimum Gasteiger partial charge on any atom is -0.497 e. The standard InChI is InChI=1S/C30H36ClFN2O3S/c1-21-6-3-4-7-27(21)38-17-5-14-34-15-12-30(13-16-34,19-28(35)36)11-10-25(32)29-23-18-22(37-2)8-9-26(23)33-20-24(29)31/h3-4,6-9,18,20,25H,5,10-17,19H2,1-2H3,(H,35,36)/t25-/m0/s1. The number of likely N-dealkylation sites (tertiary alicyclic amines) is 1. The number of aromatic nitrogens is 1. The number of carboxylic acid groups (broad SMARTS) is 1. The predicted octanol–water partition coefficient (Wildman–Crippen LogP) is 7.74. The smallest absolute Gasteiger partial charge is 0.303 e. The van der Waals surface area contributed by atoms with Crippen LogP contribution in [0.4, 0.5) is 4.39 Å². The number of halogens is 2. The number of hydrogen-bond acceptors (Lipinski definition) is 5. The first-order valence-electron chi connectivity index (χ1n) is 13.2. The molecular weight excluding hydrogens is 523 g/mol. The van der Waals surface area contributed by atoms with Gasteiger partial charge in [0, 0.05) is 22.0 Å². The minimum atomic E-state index is -1.32. The highest BCUT2D eigenvalue weighted by molar-refractivity contribution is 7.99. The van der Waals surface area contributed by atoms with Crippen molar-refractivity contribution in [3.63, 3.8) is 0 Å². The molecular formula is C30H36ClFN2O3S. The molecule has 0 unspecified atom stereocenters. The summed E-state index contributed by atoms with van der Waals surface area (Å²) >= 11 is 8.30. The fourth-order valence-electron chi connectivity index (χ4n) is 5.47. The molecule has 1 saturated heterocycles. The number of rotatable bonds is 12. The van der Waals surface area contributed by atoms with Gasteiger partial charge in [-0.3, -0.25) is 9.78 Å². The number of benzene rings is 2. The van der Waals surface area contributed by atoms with Crippen molar-refractivity contribution in [2.24, 2.45) is 5.41 Å². The monoisotopic (exact) mass is 558 g/mol. The van der Waals surface area contributed by atoms with Gasteiger partial charge in [-0.05, 0) is 99.7 Å². The zero-order chi connectivity index (χ0) is 27.1. The largest absolute Gasteiger partial charge is 0.497 e. The van der Waals surface area contributed by atoms with Gasteiger partial charge in [-0.2, -0.15) is 0 Å². The van der Waals surface area contributed by atoms with E-state index in [0.717, 1.165) is 44.6 Å². The van der Waals surface area contributed by atoms with E-state index in [4.69, 9.17) is 16.3 Å². The molecule has 204 valence electrons. The van der Waals surface area contributed by atoms with Gasteiger partial charge in [0.25, 0.3) is 0 Å². The van der Waals surface area contributed by atoms with Crippen LogP contribution in [0.3, 0.4) is 0 Å². The van der Waals surface area contributed by atoms with Gasteiger partial charge in [-0.25, -0.2) is 4.39 Å². The lowest BCUT2D eigenvalue weighted by Gasteiger charge is -2.41. The van der Waals surface area contributed by atoms with E-state index in [2.05, 4.69) is 41.1 Å². The molecule has 38 heavy (non-hydrogen) atoms. The molecule has 5 nitrogen and oxygen atoms in total. The number of methoxy groups -OCH3 is 1. The van der Waals surface area contributed by atoms with Crippen molar-refractivity contribution >= 4 is 40.2 Å². The lowest BCUT2D eigenvalue weighted by molar-refractivity contribution is -0.141. The van der Waals surface area contributed by atoms with Gasteiger partial charge in [-0.15, -0.1) is 11.8 Å². The second-order valence-corrected chi connectivity index (χ2v) is 11.8. The van der Waals surface area contributed by atoms with Gasteiger partial charge in [-0.1, -0.05) is 29.8 Å². The van der Waals surface area contributed by atoms with Gasteiger partial charge in [0.1, 0.15) is 11.9 Å². The molecule has 1 atom stereocenters. The molecule has 2 aromatic carbocycles. The highest BCUT2D eigenvalue weighted by Crippen LogP contribution is 2.44. The molecule has 0 aliphatic carbocycles. The normalized spacial score (nSPS) is 16.4. The van der Waals surface area contributed by atoms with Crippen molar-refractivity contribution in [2.75, 3.05) is 32.5 Å². The second kappa shape index (κ2) is 13.1. The summed E-state index contributed by atoms with van der Waals surface area (Å²) in [7, 11) is 1.57. The number of fused-ring (bicyclic) bond motifs is 1. The number of alkyl halides is 1. The molecule has 3 aromatic rings. The number of pyridine rings is 1. The Morgan fingerprint density at radius 2 is 2.03 bits per heavy atom. The Labute approximate surface area is 233 Å². The molecule has 0 bridgehead atoms. The summed E-state index contributed by atoms with van der Waals surface area (Å²) in [5.41, 5.74) is 1.96. The van der Waals surface area contributed by atoms with E-state index in [-0.39, 0.29) is 17.9 Å². The quantitative estimate of drug-likeness (QED) is 0.181. The molecule has 0 amide bonds. The molecule has 1 aliphatic heterocycles. The van der Waals surface area contributed by atoms with Crippen LogP contribution < -0.4 is 4.74 Å². The Balaban J connectivity index is 1.35. The number of hydrogen-bond donors (Lipinski definition) is 1. The summed E-state index contributed by atoms with van der Waals surface area (Å²) in [4.78, 5) is 19.9. The number of aryl methyl sites for hydroxylation is 1. The first kappa shape index (κ1) is 28.7. The summed E-state index contributed by atoms with van der Waals surface area (Å²) in [6.07, 6.45) is 3.55. The minimum absolute atomic E-state index is 0.0648. The molecule has 0 radical (unpaired) electrons. The third-order valence-corrected chi connectivity index (χ3v) is 9.29. The maximum absolute atomic E-state index is 15.8. The highest BCUT2D eigenvalue weighted by Gasteiger charge is 2.37. The summed E-state index contributed by atoms with van der Waals surface area (Å²) in [5.74, 6) is 0.846. The predicted molar refractivity (Wildman–Crippen MR) is 153 cm³/mol. The zero-order valence-electron chi connectivity index (χ0n) is 22.1. The number of piperidine rings is 1. The summed E-state index contributed by atoms with van der Waals surface area (Å²) in [5, 5.41) is 10.6. The molecule has 0 saturated carbocycles. The maximum Gasteiger partial charge on any atom is 0.303 e. The van der Waals surface area contributed by atoms with Crippen molar-refractivity contribution < 1.29 is 19.0 Å². The number of aliphatic carboxylic acids is 1. The number of carbonyl (C=O) groups is 1. The number of thioether (sulfide) groups is 1. The van der Waals surface area contributed by atoms with Crippen LogP contribution in [0.15, 0.2) is 53.6 Å². The molecule has 0 spiro atoms. The molecule has 4 rings (SSSR count). The molecule has 1 N–H and O–H groups in total. The van der Waals surface area contributed by atoms with Crippen LogP contribution in [-0.2, 0) is 4.79 Å². The zero-order valence-corrected chi connectivity index (χ0v) is 23.7. The first-order chi connectivity index (χ1) is 18.3. The molecule has 1 aromatic heterocycles. The van der Waals surface area contributed by atoms with Crippen LogP contribution in [0, 0.1) is 12.3 Å². The molecule has 1 aliphatic rings.